The van der Waals surface area contributed by atoms with Crippen molar-refractivity contribution in [2.24, 2.45) is 5.92 Å². The summed E-state index contributed by atoms with van der Waals surface area (Å²) >= 11 is 0. The van der Waals surface area contributed by atoms with Gasteiger partial charge in [-0.3, -0.25) is 4.79 Å². The topological polar surface area (TPSA) is 46.2 Å². The number of amides is 1. The van der Waals surface area contributed by atoms with Gasteiger partial charge in [0.1, 0.15) is 5.78 Å². The van der Waals surface area contributed by atoms with E-state index in [-0.39, 0.29) is 17.6 Å². The molecule has 0 aromatic carbocycles. The van der Waals surface area contributed by atoms with E-state index in [0.717, 1.165) is 12.8 Å². The molecule has 1 N–H and O–H groups in total. The summed E-state index contributed by atoms with van der Waals surface area (Å²) in [4.78, 5) is 21.9. The summed E-state index contributed by atoms with van der Waals surface area (Å²) < 4.78 is 0. The van der Waals surface area contributed by atoms with Crippen LogP contribution in [0.15, 0.2) is 0 Å². The zero-order chi connectivity index (χ0) is 10.3. The number of ketones is 1. The molecule has 0 fully saturated rings. The van der Waals surface area contributed by atoms with Crippen LogP contribution in [0.2, 0.25) is 0 Å². The minimum absolute atomic E-state index is 0.0275. The molecular formula is C10H19NO2. The van der Waals surface area contributed by atoms with Crippen molar-refractivity contribution in [1.82, 2.24) is 5.32 Å². The summed E-state index contributed by atoms with van der Waals surface area (Å²) in [7, 11) is 1.62. The second kappa shape index (κ2) is 6.63. The third-order valence-corrected chi connectivity index (χ3v) is 2.03. The highest BCUT2D eigenvalue weighted by Crippen LogP contribution is 2.15. The van der Waals surface area contributed by atoms with Crippen LogP contribution in [0.1, 0.15) is 39.5 Å². The van der Waals surface area contributed by atoms with Crippen LogP contribution in [0.5, 0.6) is 0 Å². The minimum Gasteiger partial charge on any atom is -0.359 e. The van der Waals surface area contributed by atoms with Crippen molar-refractivity contribution in [3.8, 4) is 0 Å². The number of hydrogen-bond donors (Lipinski definition) is 1. The molecule has 0 radical (unpaired) electrons. The van der Waals surface area contributed by atoms with Crippen LogP contribution in [-0.2, 0) is 9.59 Å². The molecule has 0 heterocycles. The van der Waals surface area contributed by atoms with E-state index in [9.17, 15) is 9.59 Å². The van der Waals surface area contributed by atoms with Crippen LogP contribution in [0.25, 0.3) is 0 Å². The average molecular weight is 185 g/mol. The first-order chi connectivity index (χ1) is 6.10. The van der Waals surface area contributed by atoms with Crippen molar-refractivity contribution < 1.29 is 9.59 Å². The van der Waals surface area contributed by atoms with Gasteiger partial charge in [-0.15, -0.1) is 0 Å². The Bertz CT molecular complexity index is 178. The lowest BCUT2D eigenvalue weighted by Gasteiger charge is -2.12. The Hall–Kier alpha value is -0.860. The quantitative estimate of drug-likeness (QED) is 0.682. The smallest absolute Gasteiger partial charge is 0.220 e. The van der Waals surface area contributed by atoms with Crippen molar-refractivity contribution in [1.29, 1.82) is 0 Å². The predicted molar refractivity (Wildman–Crippen MR) is 52.4 cm³/mol. The summed E-state index contributed by atoms with van der Waals surface area (Å²) in [6.45, 7) is 3.64. The summed E-state index contributed by atoms with van der Waals surface area (Å²) in [5.74, 6) is 0.421. The molecule has 0 aromatic rings. The van der Waals surface area contributed by atoms with Crippen LogP contribution in [0.3, 0.4) is 0 Å². The van der Waals surface area contributed by atoms with Crippen LogP contribution in [0.4, 0.5) is 0 Å². The van der Waals surface area contributed by atoms with E-state index < -0.39 is 0 Å². The van der Waals surface area contributed by atoms with Crippen molar-refractivity contribution in [3.63, 3.8) is 0 Å². The van der Waals surface area contributed by atoms with Gasteiger partial charge >= 0.3 is 0 Å². The maximum atomic E-state index is 11.1. The zero-order valence-electron chi connectivity index (χ0n) is 8.72. The van der Waals surface area contributed by atoms with Gasteiger partial charge in [-0.2, -0.15) is 0 Å². The molecule has 3 nitrogen and oxygen atoms in total. The van der Waals surface area contributed by atoms with Crippen LogP contribution >= 0.6 is 0 Å². The fourth-order valence-electron chi connectivity index (χ4n) is 1.46. The summed E-state index contributed by atoms with van der Waals surface area (Å²) in [6.07, 6.45) is 2.98. The van der Waals surface area contributed by atoms with Crippen molar-refractivity contribution in [2.45, 2.75) is 39.5 Å². The molecule has 13 heavy (non-hydrogen) atoms. The van der Waals surface area contributed by atoms with Crippen LogP contribution in [0, 0.1) is 5.92 Å². The molecular weight excluding hydrogens is 166 g/mol. The Morgan fingerprint density at radius 2 is 1.92 bits per heavy atom. The highest BCUT2D eigenvalue weighted by molar-refractivity contribution is 5.79. The minimum atomic E-state index is 0.0275. The third-order valence-electron chi connectivity index (χ3n) is 2.03. The molecule has 0 aliphatic carbocycles. The lowest BCUT2D eigenvalue weighted by atomic mass is 9.94. The van der Waals surface area contributed by atoms with E-state index in [4.69, 9.17) is 0 Å². The van der Waals surface area contributed by atoms with Crippen LogP contribution in [-0.4, -0.2) is 18.7 Å². The summed E-state index contributed by atoms with van der Waals surface area (Å²) in [6, 6.07) is 0. The molecule has 1 atom stereocenters. The Morgan fingerprint density at radius 1 is 1.31 bits per heavy atom. The molecule has 1 amide bonds. The van der Waals surface area contributed by atoms with Gasteiger partial charge in [0, 0.05) is 19.9 Å². The van der Waals surface area contributed by atoms with Gasteiger partial charge in [0.25, 0.3) is 0 Å². The Labute approximate surface area is 79.9 Å². The van der Waals surface area contributed by atoms with Gasteiger partial charge in [-0.1, -0.05) is 13.3 Å². The largest absolute Gasteiger partial charge is 0.359 e. The maximum absolute atomic E-state index is 11.1. The Kier molecular flexibility index (Phi) is 6.20. The first-order valence-electron chi connectivity index (χ1n) is 4.80. The number of carbonyl (C=O) groups is 2. The molecule has 0 saturated carbocycles. The lowest BCUT2D eigenvalue weighted by molar-refractivity contribution is -0.122. The molecule has 0 aliphatic rings. The Morgan fingerprint density at radius 3 is 2.31 bits per heavy atom. The second-order valence-corrected chi connectivity index (χ2v) is 3.44. The molecule has 1 unspecified atom stereocenters. The van der Waals surface area contributed by atoms with Crippen molar-refractivity contribution in [2.75, 3.05) is 7.05 Å². The first-order valence-corrected chi connectivity index (χ1v) is 4.80. The SMILES string of the molecule is CCCC(CC(C)=O)CC(=O)NC. The average Bonchev–Trinajstić information content (AvgIpc) is 2.03. The number of hydrogen-bond acceptors (Lipinski definition) is 2. The van der Waals surface area contributed by atoms with E-state index in [1.165, 1.54) is 0 Å². The zero-order valence-corrected chi connectivity index (χ0v) is 8.72. The van der Waals surface area contributed by atoms with E-state index in [1.807, 2.05) is 0 Å². The number of Topliss-reactive ketones (excluding diaryl/α,β-unsaturated/α-hetero) is 1. The van der Waals surface area contributed by atoms with Gasteiger partial charge < -0.3 is 10.1 Å². The van der Waals surface area contributed by atoms with Gasteiger partial charge in [0.2, 0.25) is 5.91 Å². The fourth-order valence-corrected chi connectivity index (χ4v) is 1.46. The first kappa shape index (κ1) is 12.1. The lowest BCUT2D eigenvalue weighted by Crippen LogP contribution is -2.22. The molecule has 0 spiro atoms. The molecule has 0 bridgehead atoms. The van der Waals surface area contributed by atoms with Gasteiger partial charge in [0.15, 0.2) is 0 Å². The monoisotopic (exact) mass is 185 g/mol. The normalized spacial score (nSPS) is 12.2. The van der Waals surface area contributed by atoms with Crippen LogP contribution < -0.4 is 5.32 Å². The Balaban J connectivity index is 3.93. The van der Waals surface area contributed by atoms with Crippen molar-refractivity contribution >= 4 is 11.7 Å². The third kappa shape index (κ3) is 6.31. The second-order valence-electron chi connectivity index (χ2n) is 3.44. The van der Waals surface area contributed by atoms with Crippen molar-refractivity contribution in [3.05, 3.63) is 0 Å². The molecule has 0 saturated heterocycles. The fraction of sp³-hybridized carbons (Fsp3) is 0.800. The van der Waals surface area contributed by atoms with Gasteiger partial charge in [0.05, 0.1) is 0 Å². The van der Waals surface area contributed by atoms with E-state index in [0.29, 0.717) is 12.8 Å². The number of rotatable bonds is 6. The highest BCUT2D eigenvalue weighted by Gasteiger charge is 2.13. The number of carbonyl (C=O) groups excluding carboxylic acids is 2. The molecule has 76 valence electrons. The highest BCUT2D eigenvalue weighted by atomic mass is 16.1. The molecule has 0 aliphatic heterocycles. The van der Waals surface area contributed by atoms with Gasteiger partial charge in [-0.05, 0) is 19.3 Å². The molecule has 3 heteroatoms. The standard InChI is InChI=1S/C10H19NO2/c1-4-5-9(6-8(2)12)7-10(13)11-3/h9H,4-7H2,1-3H3,(H,11,13). The van der Waals surface area contributed by atoms with E-state index >= 15 is 0 Å². The molecule has 0 aromatic heterocycles. The predicted octanol–water partition coefficient (Wildman–Crippen LogP) is 1.52. The molecule has 0 rings (SSSR count). The number of nitrogens with one attached hydrogen (secondary N) is 1. The van der Waals surface area contributed by atoms with E-state index in [1.54, 1.807) is 14.0 Å². The van der Waals surface area contributed by atoms with Gasteiger partial charge in [-0.25, -0.2) is 0 Å². The maximum Gasteiger partial charge on any atom is 0.220 e. The van der Waals surface area contributed by atoms with E-state index in [2.05, 4.69) is 12.2 Å². The summed E-state index contributed by atoms with van der Waals surface area (Å²) in [5, 5.41) is 2.58. The summed E-state index contributed by atoms with van der Waals surface area (Å²) in [5.41, 5.74) is 0.